The van der Waals surface area contributed by atoms with Crippen molar-refractivity contribution in [1.29, 1.82) is 0 Å². The second kappa shape index (κ2) is 4.76. The Hall–Kier alpha value is -1.98. The van der Waals surface area contributed by atoms with Crippen LogP contribution in [0.15, 0.2) is 23.0 Å². The van der Waals surface area contributed by atoms with Gasteiger partial charge >= 0.3 is 6.18 Å². The first-order chi connectivity index (χ1) is 10.5. The van der Waals surface area contributed by atoms with Crippen LogP contribution in [0.5, 0.6) is 0 Å². The Morgan fingerprint density at radius 3 is 2.39 bits per heavy atom. The van der Waals surface area contributed by atoms with Gasteiger partial charge in [-0.3, -0.25) is 4.79 Å². The van der Waals surface area contributed by atoms with E-state index < -0.39 is 17.3 Å². The van der Waals surface area contributed by atoms with Crippen LogP contribution in [0.3, 0.4) is 0 Å². The number of halogens is 3. The highest BCUT2D eigenvalue weighted by atomic mass is 19.4. The molecule has 0 spiro atoms. The van der Waals surface area contributed by atoms with Crippen LogP contribution in [0, 0.1) is 0 Å². The minimum absolute atomic E-state index is 0.0683. The van der Waals surface area contributed by atoms with Crippen LogP contribution in [0.1, 0.15) is 31.4 Å². The smallest absolute Gasteiger partial charge is 0.369 e. The van der Waals surface area contributed by atoms with E-state index in [1.54, 1.807) is 12.1 Å². The number of aromatic nitrogens is 1. The van der Waals surface area contributed by atoms with E-state index in [2.05, 4.69) is 18.7 Å². The average molecular weight is 324 g/mol. The lowest BCUT2D eigenvalue weighted by Gasteiger charge is -2.43. The van der Waals surface area contributed by atoms with E-state index in [9.17, 15) is 18.0 Å². The van der Waals surface area contributed by atoms with Gasteiger partial charge in [0.15, 0.2) is 0 Å². The number of rotatable bonds is 0. The van der Waals surface area contributed by atoms with Crippen molar-refractivity contribution in [3.05, 3.63) is 39.7 Å². The van der Waals surface area contributed by atoms with Crippen LogP contribution in [-0.4, -0.2) is 17.2 Å². The third-order valence-corrected chi connectivity index (χ3v) is 5.03. The monoisotopic (exact) mass is 324 g/mol. The predicted octanol–water partition coefficient (Wildman–Crippen LogP) is 3.72. The Balaban J connectivity index is 2.38. The summed E-state index contributed by atoms with van der Waals surface area (Å²) in [4.78, 5) is 14.0. The zero-order chi connectivity index (χ0) is 17.2. The summed E-state index contributed by atoms with van der Waals surface area (Å²) in [5.41, 5.74) is 0.523. The Morgan fingerprint density at radius 2 is 1.78 bits per heavy atom. The number of fused-ring (bicyclic) bond motifs is 2. The van der Waals surface area contributed by atoms with Gasteiger partial charge in [-0.15, -0.1) is 0 Å². The Morgan fingerprint density at radius 1 is 1.13 bits per heavy atom. The fraction of sp³-hybridized carbons (Fsp3) is 0.471. The predicted molar refractivity (Wildman–Crippen MR) is 85.0 cm³/mol. The summed E-state index contributed by atoms with van der Waals surface area (Å²) < 4.78 is 41.2. The van der Waals surface area contributed by atoms with Gasteiger partial charge in [0.2, 0.25) is 0 Å². The Bertz CT molecular complexity index is 850. The van der Waals surface area contributed by atoms with Crippen molar-refractivity contribution in [2.75, 3.05) is 11.9 Å². The first kappa shape index (κ1) is 15.9. The lowest BCUT2D eigenvalue weighted by atomic mass is 9.86. The number of benzene rings is 1. The Kier molecular flexibility index (Phi) is 3.29. The summed E-state index contributed by atoms with van der Waals surface area (Å²) in [5, 5.41) is 0.0893. The number of pyridine rings is 1. The van der Waals surface area contributed by atoms with E-state index >= 15 is 0 Å². The highest BCUT2D eigenvalue weighted by molar-refractivity contribution is 5.88. The average Bonchev–Trinajstić information content (AvgIpc) is 2.45. The maximum atomic E-state index is 13.3. The normalized spacial score (nSPS) is 17.4. The number of aryl methyl sites for hydroxylation is 2. The minimum atomic E-state index is -4.54. The quantitative estimate of drug-likeness (QED) is 0.738. The molecule has 0 saturated heterocycles. The van der Waals surface area contributed by atoms with Crippen LogP contribution in [-0.2, 0) is 19.6 Å². The topological polar surface area (TPSA) is 25.2 Å². The van der Waals surface area contributed by atoms with Crippen molar-refractivity contribution >= 4 is 16.6 Å². The van der Waals surface area contributed by atoms with Crippen molar-refractivity contribution in [3.8, 4) is 0 Å². The first-order valence-corrected chi connectivity index (χ1v) is 7.50. The van der Waals surface area contributed by atoms with E-state index in [1.807, 2.05) is 7.05 Å². The zero-order valence-corrected chi connectivity index (χ0v) is 13.6. The highest BCUT2D eigenvalue weighted by Crippen LogP contribution is 2.40. The summed E-state index contributed by atoms with van der Waals surface area (Å²) in [6.45, 7) is 4.20. The molecule has 3 nitrogen and oxygen atoms in total. The van der Waals surface area contributed by atoms with Crippen molar-refractivity contribution in [2.45, 2.75) is 38.4 Å². The molecule has 0 saturated carbocycles. The molecule has 0 aliphatic carbocycles. The number of hydrogen-bond acceptors (Lipinski definition) is 2. The van der Waals surface area contributed by atoms with E-state index in [1.165, 1.54) is 11.6 Å². The summed E-state index contributed by atoms with van der Waals surface area (Å²) in [6.07, 6.45) is -2.95. The Labute approximate surface area is 132 Å². The van der Waals surface area contributed by atoms with Crippen LogP contribution < -0.4 is 10.5 Å². The van der Waals surface area contributed by atoms with Gasteiger partial charge in [-0.1, -0.05) is 0 Å². The van der Waals surface area contributed by atoms with Crippen LogP contribution in [0.2, 0.25) is 0 Å². The SMILES string of the molecule is CN1c2cc3c(cc2CCC1(C)C)c(C(F)(F)F)cc(=O)n3C. The van der Waals surface area contributed by atoms with Crippen LogP contribution >= 0.6 is 0 Å². The highest BCUT2D eigenvalue weighted by Gasteiger charge is 2.35. The maximum Gasteiger partial charge on any atom is 0.417 e. The molecular formula is C17H19F3N2O. The molecule has 0 fully saturated rings. The summed E-state index contributed by atoms with van der Waals surface area (Å²) >= 11 is 0. The zero-order valence-electron chi connectivity index (χ0n) is 13.6. The third kappa shape index (κ3) is 2.40. The van der Waals surface area contributed by atoms with Crippen molar-refractivity contribution in [1.82, 2.24) is 4.57 Å². The molecule has 0 bridgehead atoms. The van der Waals surface area contributed by atoms with Gasteiger partial charge in [0, 0.05) is 36.8 Å². The van der Waals surface area contributed by atoms with Gasteiger partial charge in [0.1, 0.15) is 0 Å². The fourth-order valence-corrected chi connectivity index (χ4v) is 3.21. The van der Waals surface area contributed by atoms with Gasteiger partial charge < -0.3 is 9.47 Å². The number of nitrogens with zero attached hydrogens (tertiary/aromatic N) is 2. The largest absolute Gasteiger partial charge is 0.417 e. The van der Waals surface area contributed by atoms with Crippen molar-refractivity contribution < 1.29 is 13.2 Å². The van der Waals surface area contributed by atoms with Crippen molar-refractivity contribution in [2.24, 2.45) is 7.05 Å². The molecule has 0 radical (unpaired) electrons. The molecule has 124 valence electrons. The molecule has 6 heteroatoms. The molecule has 0 atom stereocenters. The standard InChI is InChI=1S/C17H19F3N2O/c1-16(2)6-5-10-7-11-12(17(18,19)20)8-15(23)21(3)14(11)9-13(10)22(16)4/h7-9H,5-6H2,1-4H3. The van der Waals surface area contributed by atoms with Gasteiger partial charge in [0.05, 0.1) is 11.1 Å². The molecule has 2 heterocycles. The van der Waals surface area contributed by atoms with Crippen LogP contribution in [0.25, 0.3) is 10.9 Å². The first-order valence-electron chi connectivity index (χ1n) is 7.50. The molecule has 1 aromatic heterocycles. The van der Waals surface area contributed by atoms with E-state index in [-0.39, 0.29) is 10.9 Å². The molecule has 0 amide bonds. The second-order valence-corrected chi connectivity index (χ2v) is 6.82. The van der Waals surface area contributed by atoms with Crippen molar-refractivity contribution in [3.63, 3.8) is 0 Å². The van der Waals surface area contributed by atoms with Gasteiger partial charge in [-0.25, -0.2) is 0 Å². The van der Waals surface area contributed by atoms with Gasteiger partial charge in [-0.2, -0.15) is 13.2 Å². The summed E-state index contributed by atoms with van der Waals surface area (Å²) in [6, 6.07) is 3.99. The second-order valence-electron chi connectivity index (χ2n) is 6.82. The molecule has 0 unspecified atom stereocenters. The summed E-state index contributed by atoms with van der Waals surface area (Å²) in [7, 11) is 3.45. The molecule has 1 aromatic carbocycles. The molecule has 2 aromatic rings. The fourth-order valence-electron chi connectivity index (χ4n) is 3.21. The molecule has 0 N–H and O–H groups in total. The molecule has 1 aliphatic heterocycles. The molecule has 1 aliphatic rings. The number of hydrogen-bond donors (Lipinski definition) is 0. The third-order valence-electron chi connectivity index (χ3n) is 5.03. The number of alkyl halides is 3. The molecule has 3 rings (SSSR count). The summed E-state index contributed by atoms with van der Waals surface area (Å²) in [5.74, 6) is 0. The van der Waals surface area contributed by atoms with Gasteiger partial charge in [0.25, 0.3) is 5.56 Å². The lowest BCUT2D eigenvalue weighted by Crippen LogP contribution is -2.44. The van der Waals surface area contributed by atoms with E-state index in [4.69, 9.17) is 0 Å². The maximum absolute atomic E-state index is 13.3. The van der Waals surface area contributed by atoms with Gasteiger partial charge in [-0.05, 0) is 44.4 Å². The van der Waals surface area contributed by atoms with Crippen LogP contribution in [0.4, 0.5) is 18.9 Å². The number of anilines is 1. The van der Waals surface area contributed by atoms with E-state index in [0.29, 0.717) is 11.6 Å². The molecular weight excluding hydrogens is 305 g/mol. The lowest BCUT2D eigenvalue weighted by molar-refractivity contribution is -0.136. The van der Waals surface area contributed by atoms with E-state index in [0.717, 1.165) is 24.1 Å². The minimum Gasteiger partial charge on any atom is -0.369 e. The molecule has 23 heavy (non-hydrogen) atoms.